The Bertz CT molecular complexity index is 2550. The molecule has 2 amide bonds. The van der Waals surface area contributed by atoms with Gasteiger partial charge < -0.3 is 48.1 Å². The number of hydrogen-bond acceptors (Lipinski definition) is 16. The van der Waals surface area contributed by atoms with Gasteiger partial charge in [0.1, 0.15) is 24.3 Å². The van der Waals surface area contributed by atoms with E-state index in [4.69, 9.17) is 37.9 Å². The number of alkyl halides is 2. The van der Waals surface area contributed by atoms with Crippen molar-refractivity contribution in [3.8, 4) is 0 Å². The van der Waals surface area contributed by atoms with Crippen LogP contribution in [-0.2, 0) is 79.5 Å². The molecule has 2 aromatic carbocycles. The van der Waals surface area contributed by atoms with Gasteiger partial charge in [0.25, 0.3) is 11.8 Å². The van der Waals surface area contributed by atoms with E-state index in [1.54, 1.807) is 6.92 Å². The van der Waals surface area contributed by atoms with Gasteiger partial charge in [-0.05, 0) is 79.4 Å². The number of nitrogens with zero attached hydrogens (tertiary/aromatic N) is 1. The van der Waals surface area contributed by atoms with Gasteiger partial charge in [-0.3, -0.25) is 33.7 Å². The first kappa shape index (κ1) is 59.1. The van der Waals surface area contributed by atoms with Gasteiger partial charge in [-0.1, -0.05) is 61.5 Å². The fourth-order valence-corrected chi connectivity index (χ4v) is 12.7. The maximum atomic E-state index is 17.8. The van der Waals surface area contributed by atoms with Crippen LogP contribution in [0.3, 0.4) is 0 Å². The van der Waals surface area contributed by atoms with Crippen LogP contribution in [0.5, 0.6) is 0 Å². The van der Waals surface area contributed by atoms with Gasteiger partial charge in [-0.2, -0.15) is 0 Å². The molecule has 2 N–H and O–H groups in total. The molecule has 2 heterocycles. The zero-order valence-corrected chi connectivity index (χ0v) is 44.5. The Morgan fingerprint density at radius 1 is 0.718 bits per heavy atom. The fraction of sp³-hybridized carbons (Fsp3) is 0.593. The molecule has 0 aromatic heterocycles. The maximum absolute atomic E-state index is 17.8. The first-order chi connectivity index (χ1) is 37.5. The highest BCUT2D eigenvalue weighted by Gasteiger charge is 2.80. The van der Waals surface area contributed by atoms with E-state index < -0.39 is 76.8 Å². The first-order valence-corrected chi connectivity index (χ1v) is 27.2. The van der Waals surface area contributed by atoms with E-state index in [-0.39, 0.29) is 80.6 Å². The minimum Gasteiger partial charge on any atom is -0.390 e. The minimum absolute atomic E-state index is 0.0146. The smallest absolute Gasteiger partial charge is 0.253 e. The zero-order chi connectivity index (χ0) is 55.5. The summed E-state index contributed by atoms with van der Waals surface area (Å²) in [6, 6.07) is 15.4. The van der Waals surface area contributed by atoms with E-state index in [0.717, 1.165) is 27.7 Å². The predicted molar refractivity (Wildman–Crippen MR) is 276 cm³/mol. The van der Waals surface area contributed by atoms with E-state index in [1.165, 1.54) is 31.2 Å². The Labute approximate surface area is 453 Å². The summed E-state index contributed by atoms with van der Waals surface area (Å²) in [5.41, 5.74) is -3.35. The van der Waals surface area contributed by atoms with E-state index >= 15 is 8.78 Å². The number of amides is 2. The summed E-state index contributed by atoms with van der Waals surface area (Å²) in [7, 11) is 0. The van der Waals surface area contributed by atoms with Crippen LogP contribution in [-0.4, -0.2) is 172 Å². The van der Waals surface area contributed by atoms with E-state index in [2.05, 4.69) is 0 Å². The molecule has 2 aliphatic heterocycles. The van der Waals surface area contributed by atoms with Gasteiger partial charge in [0.05, 0.1) is 84.9 Å². The van der Waals surface area contributed by atoms with Crippen LogP contribution < -0.4 is 0 Å². The number of carbonyl (C=O) groups is 6. The second kappa shape index (κ2) is 26.5. The van der Waals surface area contributed by atoms with Crippen LogP contribution in [0.15, 0.2) is 84.5 Å². The van der Waals surface area contributed by atoms with E-state index in [1.807, 2.05) is 48.5 Å². The molecule has 17 nitrogen and oxygen atoms in total. The lowest BCUT2D eigenvalue weighted by Crippen LogP contribution is -2.70. The molecule has 0 unspecified atom stereocenters. The van der Waals surface area contributed by atoms with Crippen molar-refractivity contribution < 1.29 is 85.7 Å². The summed E-state index contributed by atoms with van der Waals surface area (Å²) in [5.74, 6) is -3.50. The summed E-state index contributed by atoms with van der Waals surface area (Å²) in [4.78, 5) is 75.2. The fourth-order valence-electron chi connectivity index (χ4n) is 12.7. The number of aliphatic hydroxyl groups excluding tert-OH is 2. The normalized spacial score (nSPS) is 29.8. The molecule has 10 atom stereocenters. The number of rotatable bonds is 32. The quantitative estimate of drug-likeness (QED) is 0.0712. The molecular formula is C59H73F2NO16. The Morgan fingerprint density at radius 2 is 1.32 bits per heavy atom. The Hall–Kier alpha value is -5.06. The van der Waals surface area contributed by atoms with Crippen molar-refractivity contribution in [2.24, 2.45) is 22.7 Å². The number of carbonyl (C=O) groups excluding carboxylic acids is 6. The Kier molecular flexibility index (Phi) is 20.0. The number of allylic oxidation sites excluding steroid dienone is 4. The number of ketones is 4. The highest BCUT2D eigenvalue weighted by Crippen LogP contribution is 2.72. The molecule has 3 saturated carbocycles. The van der Waals surface area contributed by atoms with E-state index in [0.29, 0.717) is 97.5 Å². The van der Waals surface area contributed by atoms with Gasteiger partial charge >= 0.3 is 0 Å². The molecule has 4 fully saturated rings. The second-order valence-electron chi connectivity index (χ2n) is 21.4. The molecule has 8 rings (SSSR count). The monoisotopic (exact) mass is 1090 g/mol. The number of hydrogen-bond donors (Lipinski definition) is 2. The molecular weight excluding hydrogens is 1020 g/mol. The zero-order valence-electron chi connectivity index (χ0n) is 44.5. The molecule has 6 aliphatic rings. The third-order valence-electron chi connectivity index (χ3n) is 16.6. The largest absolute Gasteiger partial charge is 0.390 e. The third kappa shape index (κ3) is 12.8. The molecule has 1 saturated heterocycles. The third-order valence-corrected chi connectivity index (χ3v) is 16.6. The SMILES string of the molecule is C[C@]12C=CC(=O)C=C1[C@@H](F)C[C@H]1[C@@H]3C[C@H]4O[C@@H](c5ccc(Cc6cccc(CC(=O)CCOCCOCCOCCOCCOCCOCCCC(=O)CCN7C(=O)C=CC7=O)c6)cc5)O[C@@]4(C(=O)CO)[C@@]3(C)C[C@H](O)[C@@]12F. The summed E-state index contributed by atoms with van der Waals surface area (Å²) < 4.78 is 80.1. The average Bonchev–Trinajstić information content (AvgIpc) is 4.07. The molecule has 4 aliphatic carbocycles. The number of fused-ring (bicyclic) bond motifs is 7. The van der Waals surface area contributed by atoms with Crippen LogP contribution in [0.1, 0.15) is 87.3 Å². The van der Waals surface area contributed by atoms with Gasteiger partial charge in [0, 0.05) is 73.3 Å². The number of Topliss-reactive ketones (excluding diaryl/α,β-unsaturated/α-hetero) is 3. The van der Waals surface area contributed by atoms with Gasteiger partial charge in [0.15, 0.2) is 29.1 Å². The van der Waals surface area contributed by atoms with Crippen LogP contribution >= 0.6 is 0 Å². The van der Waals surface area contributed by atoms with Crippen LogP contribution in [0.4, 0.5) is 8.78 Å². The van der Waals surface area contributed by atoms with Crippen molar-refractivity contribution in [2.75, 3.05) is 92.4 Å². The number of halogens is 2. The first-order valence-electron chi connectivity index (χ1n) is 27.2. The average molecular weight is 1090 g/mol. The van der Waals surface area contributed by atoms with Crippen molar-refractivity contribution in [3.05, 3.63) is 107 Å². The number of aliphatic hydroxyl groups is 2. The molecule has 0 spiro atoms. The minimum atomic E-state index is -2.33. The summed E-state index contributed by atoms with van der Waals surface area (Å²) in [5, 5.41) is 22.2. The van der Waals surface area contributed by atoms with Crippen molar-refractivity contribution in [3.63, 3.8) is 0 Å². The van der Waals surface area contributed by atoms with Crippen molar-refractivity contribution >= 4 is 34.9 Å². The number of ether oxygens (including phenoxy) is 8. The van der Waals surface area contributed by atoms with Crippen molar-refractivity contribution in [2.45, 2.75) is 108 Å². The van der Waals surface area contributed by atoms with Crippen LogP contribution in [0.2, 0.25) is 0 Å². The van der Waals surface area contributed by atoms with Crippen LogP contribution in [0, 0.1) is 22.7 Å². The molecule has 0 radical (unpaired) electrons. The Morgan fingerprint density at radius 3 is 1.95 bits per heavy atom. The van der Waals surface area contributed by atoms with Gasteiger partial charge in [0.2, 0.25) is 0 Å². The van der Waals surface area contributed by atoms with Crippen molar-refractivity contribution in [1.29, 1.82) is 0 Å². The topological polar surface area (TPSA) is 220 Å². The lowest BCUT2D eigenvalue weighted by molar-refractivity contribution is -0.235. The van der Waals surface area contributed by atoms with Gasteiger partial charge in [-0.15, -0.1) is 0 Å². The summed E-state index contributed by atoms with van der Waals surface area (Å²) in [6.45, 7) is 7.13. The number of imide groups is 1. The Balaban J connectivity index is 0.663. The van der Waals surface area contributed by atoms with Crippen molar-refractivity contribution in [1.82, 2.24) is 4.90 Å². The lowest BCUT2D eigenvalue weighted by atomic mass is 9.44. The molecule has 78 heavy (non-hydrogen) atoms. The van der Waals surface area contributed by atoms with Gasteiger partial charge in [-0.25, -0.2) is 8.78 Å². The van der Waals surface area contributed by atoms with Crippen LogP contribution in [0.25, 0.3) is 0 Å². The standard InChI is InChI=1S/C59H73F2NO16/c1-56-17-14-44(65)34-48(56)49(60)35-47-46-36-52-59(51(68)38-63,57(46,2)37-50(67)58(47,56)61)78-55(77-52)42-10-8-39(9-11-42)31-40-5-3-6-41(32-40)33-45(66)16-20-72-22-24-74-26-28-76-30-29-75-27-25-73-23-21-71-19-4-7-43(64)15-18-62-53(69)12-13-54(62)70/h3,5-6,8-14,17,32,34,46-47,49-50,52,55,63,67H,4,7,15-16,18-31,33,35-38H2,1-2H3/t46-,47-,49-,50-,52+,55+,56-,57-,58-,59+/m0/s1. The second-order valence-corrected chi connectivity index (χ2v) is 21.4. The predicted octanol–water partition coefficient (Wildman–Crippen LogP) is 5.19. The molecule has 424 valence electrons. The highest BCUT2D eigenvalue weighted by atomic mass is 19.1. The summed E-state index contributed by atoms with van der Waals surface area (Å²) in [6.07, 6.45) is 2.74. The molecule has 2 aromatic rings. The summed E-state index contributed by atoms with van der Waals surface area (Å²) >= 11 is 0. The lowest BCUT2D eigenvalue weighted by Gasteiger charge is -2.63. The number of benzene rings is 2. The molecule has 19 heteroatoms. The van der Waals surface area contributed by atoms with E-state index in [9.17, 15) is 39.0 Å². The molecule has 0 bridgehead atoms. The highest BCUT2D eigenvalue weighted by molar-refractivity contribution is 6.13. The maximum Gasteiger partial charge on any atom is 0.253 e.